The molecule has 0 aliphatic heterocycles. The van der Waals surface area contributed by atoms with Crippen LogP contribution in [0, 0.1) is 11.8 Å². The average molecular weight is 540 g/mol. The lowest BCUT2D eigenvalue weighted by molar-refractivity contribution is 0.240. The maximum Gasteiger partial charge on any atom is 0.241 e. The largest absolute Gasteiger partial charge is 0.354 e. The van der Waals surface area contributed by atoms with Crippen LogP contribution in [0.2, 0.25) is 0 Å². The highest BCUT2D eigenvalue weighted by Gasteiger charge is 2.30. The summed E-state index contributed by atoms with van der Waals surface area (Å²) >= 11 is 0. The lowest BCUT2D eigenvalue weighted by Crippen LogP contribution is -2.34. The molecule has 0 bridgehead atoms. The highest BCUT2D eigenvalue weighted by atomic mass is 32.2. The topological polar surface area (TPSA) is 135 Å². The summed E-state index contributed by atoms with van der Waals surface area (Å²) in [6, 6.07) is 12.8. The van der Waals surface area contributed by atoms with Crippen molar-refractivity contribution in [1.82, 2.24) is 19.7 Å². The smallest absolute Gasteiger partial charge is 0.241 e. The van der Waals surface area contributed by atoms with Gasteiger partial charge in [0, 0.05) is 24.5 Å². The lowest BCUT2D eigenvalue weighted by Gasteiger charge is -2.31. The molecule has 1 fully saturated rings. The van der Waals surface area contributed by atoms with Gasteiger partial charge in [0.05, 0.1) is 10.9 Å². The number of sulfonamides is 1. The molecule has 5 N–H and O–H groups in total. The highest BCUT2D eigenvalue weighted by Crippen LogP contribution is 2.35. The Labute approximate surface area is 226 Å². The van der Waals surface area contributed by atoms with E-state index < -0.39 is 10.0 Å². The number of unbranched alkanes of at least 4 members (excludes halogenated alkanes) is 1. The molecule has 1 aliphatic carbocycles. The predicted molar refractivity (Wildman–Crippen MR) is 153 cm³/mol. The Morgan fingerprint density at radius 3 is 2.42 bits per heavy atom. The van der Waals surface area contributed by atoms with Crippen molar-refractivity contribution < 1.29 is 8.42 Å². The standard InChI is InChI=1S/C28H41N7O2S/c1-4-5-17-30-27-33-26(34-28(35-27)32-19(2)3)25(29)22-15-13-20(14-16-22)18-31-38(36,37)24-12-8-10-21-9-6-7-11-23(21)24/h6-12,19-20,22,25,31H,4-5,13-18,29H2,1-3H3,(H2,30,32,33,34,35). The van der Waals surface area contributed by atoms with Gasteiger partial charge in [-0.15, -0.1) is 0 Å². The average Bonchev–Trinajstić information content (AvgIpc) is 2.91. The van der Waals surface area contributed by atoms with Crippen LogP contribution in [0.4, 0.5) is 11.9 Å². The van der Waals surface area contributed by atoms with Crippen LogP contribution < -0.4 is 21.1 Å². The van der Waals surface area contributed by atoms with Crippen molar-refractivity contribution in [2.45, 2.75) is 76.3 Å². The Morgan fingerprint density at radius 1 is 0.974 bits per heavy atom. The minimum Gasteiger partial charge on any atom is -0.354 e. The van der Waals surface area contributed by atoms with E-state index in [1.807, 2.05) is 44.2 Å². The molecule has 0 radical (unpaired) electrons. The summed E-state index contributed by atoms with van der Waals surface area (Å²) in [7, 11) is -3.60. The first-order valence-corrected chi connectivity index (χ1v) is 15.2. The number of benzene rings is 2. The fraction of sp³-hybridized carbons (Fsp3) is 0.536. The monoisotopic (exact) mass is 539 g/mol. The number of aromatic nitrogens is 3. The quantitative estimate of drug-likeness (QED) is 0.240. The van der Waals surface area contributed by atoms with Crippen LogP contribution in [0.15, 0.2) is 47.4 Å². The van der Waals surface area contributed by atoms with Crippen LogP contribution >= 0.6 is 0 Å². The Bertz CT molecular complexity index is 1300. The fourth-order valence-corrected chi connectivity index (χ4v) is 6.36. The van der Waals surface area contributed by atoms with Gasteiger partial charge >= 0.3 is 0 Å². The molecule has 2 aromatic carbocycles. The number of hydrogen-bond acceptors (Lipinski definition) is 8. The summed E-state index contributed by atoms with van der Waals surface area (Å²) in [5.41, 5.74) is 6.69. The number of nitrogens with one attached hydrogen (secondary N) is 3. The number of anilines is 2. The van der Waals surface area contributed by atoms with Gasteiger partial charge in [-0.3, -0.25) is 0 Å². The molecule has 1 heterocycles. The molecular weight excluding hydrogens is 498 g/mol. The number of fused-ring (bicyclic) bond motifs is 1. The second-order valence-electron chi connectivity index (χ2n) is 10.6. The predicted octanol–water partition coefficient (Wildman–Crippen LogP) is 4.84. The Balaban J connectivity index is 1.36. The molecule has 0 spiro atoms. The van der Waals surface area contributed by atoms with Crippen molar-refractivity contribution in [2.24, 2.45) is 17.6 Å². The highest BCUT2D eigenvalue weighted by molar-refractivity contribution is 7.89. The molecule has 0 saturated heterocycles. The molecule has 1 saturated carbocycles. The number of nitrogens with zero attached hydrogens (tertiary/aromatic N) is 3. The molecule has 1 aliphatic rings. The van der Waals surface area contributed by atoms with E-state index in [0.29, 0.717) is 29.2 Å². The molecule has 0 amide bonds. The summed E-state index contributed by atoms with van der Waals surface area (Å²) in [5, 5.41) is 8.23. The van der Waals surface area contributed by atoms with Gasteiger partial charge < -0.3 is 16.4 Å². The Hall–Kier alpha value is -2.82. The minimum atomic E-state index is -3.60. The van der Waals surface area contributed by atoms with Gasteiger partial charge in [-0.25, -0.2) is 13.1 Å². The molecular formula is C28H41N7O2S. The van der Waals surface area contributed by atoms with E-state index >= 15 is 0 Å². The van der Waals surface area contributed by atoms with E-state index in [0.717, 1.165) is 55.8 Å². The van der Waals surface area contributed by atoms with Crippen molar-refractivity contribution in [3.8, 4) is 0 Å². The molecule has 4 rings (SSSR count). The van der Waals surface area contributed by atoms with Crippen molar-refractivity contribution in [3.05, 3.63) is 48.3 Å². The van der Waals surface area contributed by atoms with Crippen LogP contribution in [0.1, 0.15) is 71.2 Å². The molecule has 1 atom stereocenters. The fourth-order valence-electron chi connectivity index (χ4n) is 5.02. The molecule has 1 unspecified atom stereocenters. The first-order valence-electron chi connectivity index (χ1n) is 13.8. The van der Waals surface area contributed by atoms with Crippen molar-refractivity contribution in [3.63, 3.8) is 0 Å². The van der Waals surface area contributed by atoms with Gasteiger partial charge in [-0.1, -0.05) is 49.7 Å². The summed E-state index contributed by atoms with van der Waals surface area (Å²) in [5.74, 6) is 2.20. The number of hydrogen-bond donors (Lipinski definition) is 4. The van der Waals surface area contributed by atoms with Crippen LogP contribution in [-0.4, -0.2) is 42.5 Å². The van der Waals surface area contributed by atoms with Crippen molar-refractivity contribution >= 4 is 32.7 Å². The van der Waals surface area contributed by atoms with E-state index in [4.69, 9.17) is 5.73 Å². The third kappa shape index (κ3) is 7.18. The van der Waals surface area contributed by atoms with Gasteiger partial charge in [0.2, 0.25) is 21.9 Å². The van der Waals surface area contributed by atoms with Crippen LogP contribution in [0.3, 0.4) is 0 Å². The van der Waals surface area contributed by atoms with Gasteiger partial charge in [0.1, 0.15) is 0 Å². The SMILES string of the molecule is CCCCNc1nc(NC(C)C)nc(C(N)C2CCC(CNS(=O)(=O)c3cccc4ccccc34)CC2)n1. The van der Waals surface area contributed by atoms with Gasteiger partial charge in [-0.2, -0.15) is 15.0 Å². The van der Waals surface area contributed by atoms with Crippen molar-refractivity contribution in [1.29, 1.82) is 0 Å². The van der Waals surface area contributed by atoms with E-state index in [9.17, 15) is 8.42 Å². The van der Waals surface area contributed by atoms with E-state index in [2.05, 4.69) is 37.2 Å². The number of nitrogens with two attached hydrogens (primary N) is 1. The third-order valence-corrected chi connectivity index (χ3v) is 8.66. The maximum absolute atomic E-state index is 13.1. The summed E-state index contributed by atoms with van der Waals surface area (Å²) < 4.78 is 29.1. The second-order valence-corrected chi connectivity index (χ2v) is 12.3. The van der Waals surface area contributed by atoms with E-state index in [-0.39, 0.29) is 23.9 Å². The number of rotatable bonds is 12. The molecule has 10 heteroatoms. The zero-order valence-corrected chi connectivity index (χ0v) is 23.5. The second kappa shape index (κ2) is 12.8. The van der Waals surface area contributed by atoms with Crippen LogP contribution in [0.25, 0.3) is 10.8 Å². The first-order chi connectivity index (χ1) is 18.3. The van der Waals surface area contributed by atoms with E-state index in [1.165, 1.54) is 0 Å². The molecule has 1 aromatic heterocycles. The van der Waals surface area contributed by atoms with Crippen LogP contribution in [0.5, 0.6) is 0 Å². The lowest BCUT2D eigenvalue weighted by atomic mass is 9.78. The molecule has 206 valence electrons. The van der Waals surface area contributed by atoms with Crippen molar-refractivity contribution in [2.75, 3.05) is 23.7 Å². The van der Waals surface area contributed by atoms with Crippen LogP contribution in [-0.2, 0) is 10.0 Å². The molecule has 9 nitrogen and oxygen atoms in total. The minimum absolute atomic E-state index is 0.193. The van der Waals surface area contributed by atoms with E-state index in [1.54, 1.807) is 12.1 Å². The van der Waals surface area contributed by atoms with Gasteiger partial charge in [0.25, 0.3) is 0 Å². The Morgan fingerprint density at radius 2 is 1.68 bits per heavy atom. The molecule has 3 aromatic rings. The summed E-state index contributed by atoms with van der Waals surface area (Å²) in [6.07, 6.45) is 5.73. The first kappa shape index (κ1) is 28.2. The Kier molecular flexibility index (Phi) is 9.51. The zero-order valence-electron chi connectivity index (χ0n) is 22.7. The van der Waals surface area contributed by atoms with Gasteiger partial charge in [0.15, 0.2) is 5.82 Å². The summed E-state index contributed by atoms with van der Waals surface area (Å²) in [6.45, 7) is 7.46. The third-order valence-electron chi connectivity index (χ3n) is 7.18. The zero-order chi connectivity index (χ0) is 27.1. The normalized spacial score (nSPS) is 19.0. The summed E-state index contributed by atoms with van der Waals surface area (Å²) in [4.78, 5) is 14.1. The molecule has 38 heavy (non-hydrogen) atoms. The van der Waals surface area contributed by atoms with Gasteiger partial charge in [-0.05, 0) is 69.2 Å². The maximum atomic E-state index is 13.1.